The van der Waals surface area contributed by atoms with E-state index < -0.39 is 11.8 Å². The van der Waals surface area contributed by atoms with Crippen molar-refractivity contribution in [3.63, 3.8) is 0 Å². The summed E-state index contributed by atoms with van der Waals surface area (Å²) in [5.41, 5.74) is 0. The normalized spacial score (nSPS) is 10.5. The second kappa shape index (κ2) is 5.50. The second-order valence-corrected chi connectivity index (χ2v) is 3.48. The summed E-state index contributed by atoms with van der Waals surface area (Å²) < 4.78 is 18.5. The van der Waals surface area contributed by atoms with E-state index in [-0.39, 0.29) is 6.61 Å². The lowest BCUT2D eigenvalue weighted by Gasteiger charge is -2.05. The van der Waals surface area contributed by atoms with E-state index in [4.69, 9.17) is 9.84 Å². The van der Waals surface area contributed by atoms with Crippen LogP contribution in [-0.4, -0.2) is 17.7 Å². The molecule has 0 heterocycles. The van der Waals surface area contributed by atoms with Gasteiger partial charge in [0.05, 0.1) is 4.47 Å². The zero-order valence-corrected chi connectivity index (χ0v) is 9.20. The Bertz CT molecular complexity index is 390. The Hall–Kier alpha value is -1.36. The maximum atomic E-state index is 12.8. The fraction of sp³-hybridized carbons (Fsp3) is 0.100. The summed E-state index contributed by atoms with van der Waals surface area (Å²) in [6.45, 7) is 0.0777. The lowest BCUT2D eigenvalue weighted by Crippen LogP contribution is -1.96. The first-order chi connectivity index (χ1) is 7.09. The van der Waals surface area contributed by atoms with Crippen LogP contribution in [0.4, 0.5) is 4.39 Å². The average molecular weight is 275 g/mol. The minimum Gasteiger partial charge on any atom is -0.488 e. The van der Waals surface area contributed by atoms with Gasteiger partial charge in [0.1, 0.15) is 18.2 Å². The van der Waals surface area contributed by atoms with Gasteiger partial charge in [0.25, 0.3) is 0 Å². The third-order valence-corrected chi connectivity index (χ3v) is 2.14. The number of rotatable bonds is 4. The number of benzene rings is 1. The summed E-state index contributed by atoms with van der Waals surface area (Å²) in [7, 11) is 0. The highest BCUT2D eigenvalue weighted by Crippen LogP contribution is 2.25. The van der Waals surface area contributed by atoms with Crippen LogP contribution in [0.2, 0.25) is 0 Å². The van der Waals surface area contributed by atoms with Gasteiger partial charge >= 0.3 is 5.97 Å². The molecule has 0 radical (unpaired) electrons. The molecule has 1 aromatic rings. The molecule has 1 aromatic carbocycles. The quantitative estimate of drug-likeness (QED) is 0.859. The van der Waals surface area contributed by atoms with Crippen molar-refractivity contribution in [3.05, 3.63) is 40.6 Å². The van der Waals surface area contributed by atoms with Gasteiger partial charge in [0.15, 0.2) is 0 Å². The highest BCUT2D eigenvalue weighted by molar-refractivity contribution is 9.10. The summed E-state index contributed by atoms with van der Waals surface area (Å²) in [5.74, 6) is -1.11. The van der Waals surface area contributed by atoms with Crippen molar-refractivity contribution < 1.29 is 19.0 Å². The zero-order valence-electron chi connectivity index (χ0n) is 7.61. The molecule has 3 nitrogen and oxygen atoms in total. The molecule has 15 heavy (non-hydrogen) atoms. The number of carboxylic acids is 1. The Kier molecular flexibility index (Phi) is 4.30. The maximum Gasteiger partial charge on any atom is 0.328 e. The number of carbonyl (C=O) groups is 1. The van der Waals surface area contributed by atoms with E-state index in [1.165, 1.54) is 24.3 Å². The Morgan fingerprint density at radius 3 is 3.00 bits per heavy atom. The standard InChI is InChI=1S/C10H8BrFO3/c11-8-4-3-7(12)6-9(8)15-5-1-2-10(13)14/h1-4,6H,5H2,(H,13,14)/b2-1+. The fourth-order valence-electron chi connectivity index (χ4n) is 0.875. The van der Waals surface area contributed by atoms with Crippen molar-refractivity contribution in [1.82, 2.24) is 0 Å². The van der Waals surface area contributed by atoms with Gasteiger partial charge in [0, 0.05) is 12.1 Å². The lowest BCUT2D eigenvalue weighted by molar-refractivity contribution is -0.131. The van der Waals surface area contributed by atoms with E-state index in [2.05, 4.69) is 15.9 Å². The molecule has 0 saturated carbocycles. The SMILES string of the molecule is O=C(O)/C=C/COc1cc(F)ccc1Br. The Balaban J connectivity index is 2.57. The molecule has 0 aliphatic heterocycles. The van der Waals surface area contributed by atoms with Gasteiger partial charge in [-0.3, -0.25) is 0 Å². The molecule has 80 valence electrons. The van der Waals surface area contributed by atoms with Gasteiger partial charge in [-0.05, 0) is 34.1 Å². The molecule has 0 amide bonds. The average Bonchev–Trinajstić information content (AvgIpc) is 2.17. The van der Waals surface area contributed by atoms with Gasteiger partial charge in [-0.15, -0.1) is 0 Å². The van der Waals surface area contributed by atoms with Crippen LogP contribution in [0.1, 0.15) is 0 Å². The van der Waals surface area contributed by atoms with Gasteiger partial charge in [0.2, 0.25) is 0 Å². The predicted molar refractivity (Wildman–Crippen MR) is 56.4 cm³/mol. The number of aliphatic carboxylic acids is 1. The molecule has 0 aliphatic carbocycles. The van der Waals surface area contributed by atoms with E-state index in [0.717, 1.165) is 6.08 Å². The van der Waals surface area contributed by atoms with Crippen LogP contribution in [0.25, 0.3) is 0 Å². The predicted octanol–water partition coefficient (Wildman–Crippen LogP) is 2.61. The van der Waals surface area contributed by atoms with Gasteiger partial charge in [-0.1, -0.05) is 0 Å². The van der Waals surface area contributed by atoms with Gasteiger partial charge in [-0.25, -0.2) is 9.18 Å². The third kappa shape index (κ3) is 4.12. The molecule has 0 saturated heterocycles. The van der Waals surface area contributed by atoms with Crippen LogP contribution < -0.4 is 4.74 Å². The summed E-state index contributed by atoms with van der Waals surface area (Å²) in [5, 5.41) is 8.30. The number of carboxylic acid groups (broad SMARTS) is 1. The topological polar surface area (TPSA) is 46.5 Å². The van der Waals surface area contributed by atoms with E-state index in [9.17, 15) is 9.18 Å². The van der Waals surface area contributed by atoms with E-state index in [0.29, 0.717) is 10.2 Å². The van der Waals surface area contributed by atoms with E-state index >= 15 is 0 Å². The number of ether oxygens (including phenoxy) is 1. The molecule has 5 heteroatoms. The molecule has 0 atom stereocenters. The molecule has 0 unspecified atom stereocenters. The van der Waals surface area contributed by atoms with Gasteiger partial charge in [-0.2, -0.15) is 0 Å². The van der Waals surface area contributed by atoms with Crippen molar-refractivity contribution >= 4 is 21.9 Å². The van der Waals surface area contributed by atoms with Crippen molar-refractivity contribution in [1.29, 1.82) is 0 Å². The largest absolute Gasteiger partial charge is 0.488 e. The first kappa shape index (κ1) is 11.7. The summed E-state index contributed by atoms with van der Waals surface area (Å²) in [6.07, 6.45) is 2.30. The van der Waals surface area contributed by atoms with Crippen LogP contribution >= 0.6 is 15.9 Å². The third-order valence-electron chi connectivity index (χ3n) is 1.49. The molecule has 0 aliphatic rings. The molecule has 1 rings (SSSR count). The molecule has 0 aromatic heterocycles. The summed E-state index contributed by atoms with van der Waals surface area (Å²) in [4.78, 5) is 10.1. The van der Waals surface area contributed by atoms with E-state index in [1.54, 1.807) is 0 Å². The highest BCUT2D eigenvalue weighted by Gasteiger charge is 2.01. The fourth-order valence-corrected chi connectivity index (χ4v) is 1.24. The second-order valence-electron chi connectivity index (χ2n) is 2.63. The van der Waals surface area contributed by atoms with Crippen LogP contribution in [0.3, 0.4) is 0 Å². The first-order valence-electron chi connectivity index (χ1n) is 4.07. The van der Waals surface area contributed by atoms with Crippen LogP contribution in [0.15, 0.2) is 34.8 Å². The van der Waals surface area contributed by atoms with Crippen molar-refractivity contribution in [2.45, 2.75) is 0 Å². The van der Waals surface area contributed by atoms with Gasteiger partial charge < -0.3 is 9.84 Å². The van der Waals surface area contributed by atoms with Crippen molar-refractivity contribution in [2.24, 2.45) is 0 Å². The van der Waals surface area contributed by atoms with Crippen LogP contribution in [0, 0.1) is 5.82 Å². The number of hydrogen-bond donors (Lipinski definition) is 1. The molecular weight excluding hydrogens is 267 g/mol. The summed E-state index contributed by atoms with van der Waals surface area (Å²) >= 11 is 3.18. The molecule has 0 spiro atoms. The van der Waals surface area contributed by atoms with E-state index in [1.807, 2.05) is 0 Å². The zero-order chi connectivity index (χ0) is 11.3. The molecule has 0 fully saturated rings. The van der Waals surface area contributed by atoms with Crippen LogP contribution in [0.5, 0.6) is 5.75 Å². The highest BCUT2D eigenvalue weighted by atomic mass is 79.9. The van der Waals surface area contributed by atoms with Crippen LogP contribution in [-0.2, 0) is 4.79 Å². The number of hydrogen-bond acceptors (Lipinski definition) is 2. The van der Waals surface area contributed by atoms with Crippen molar-refractivity contribution in [2.75, 3.05) is 6.61 Å². The molecular formula is C10H8BrFO3. The first-order valence-corrected chi connectivity index (χ1v) is 4.86. The lowest BCUT2D eigenvalue weighted by atomic mass is 10.3. The Morgan fingerprint density at radius 2 is 2.33 bits per heavy atom. The minimum absolute atomic E-state index is 0.0777. The van der Waals surface area contributed by atoms with Crippen molar-refractivity contribution in [3.8, 4) is 5.75 Å². The minimum atomic E-state index is -1.04. The molecule has 0 bridgehead atoms. The maximum absolute atomic E-state index is 12.8. The Labute approximate surface area is 94.3 Å². The number of halogens is 2. The monoisotopic (exact) mass is 274 g/mol. The summed E-state index contributed by atoms with van der Waals surface area (Å²) in [6, 6.07) is 4.04. The molecule has 1 N–H and O–H groups in total. The smallest absolute Gasteiger partial charge is 0.328 e. The Morgan fingerprint density at radius 1 is 1.60 bits per heavy atom.